The van der Waals surface area contributed by atoms with E-state index in [0.717, 1.165) is 5.39 Å². The van der Waals surface area contributed by atoms with Crippen LogP contribution < -0.4 is 38.9 Å². The Morgan fingerprint density at radius 3 is 2.26 bits per heavy atom. The summed E-state index contributed by atoms with van der Waals surface area (Å²) in [5, 5.41) is 9.52. The second kappa shape index (κ2) is 10.6. The molecule has 0 aliphatic rings. The van der Waals surface area contributed by atoms with Gasteiger partial charge in [-0.2, -0.15) is 0 Å². The van der Waals surface area contributed by atoms with Gasteiger partial charge in [0.2, 0.25) is 0 Å². The Labute approximate surface area is 215 Å². The van der Waals surface area contributed by atoms with Crippen LogP contribution in [0.15, 0.2) is 58.5 Å². The van der Waals surface area contributed by atoms with E-state index in [1.54, 1.807) is 55.5 Å². The third-order valence-corrected chi connectivity index (χ3v) is 5.44. The molecular formula is C24H27N11O3. The Hall–Kier alpha value is -5.53. The van der Waals surface area contributed by atoms with Crippen molar-refractivity contribution in [2.24, 2.45) is 32.9 Å². The van der Waals surface area contributed by atoms with Gasteiger partial charge < -0.3 is 48.9 Å². The summed E-state index contributed by atoms with van der Waals surface area (Å²) in [5.41, 5.74) is 24.0. The Morgan fingerprint density at radius 1 is 0.816 bits per heavy atom. The van der Waals surface area contributed by atoms with Crippen molar-refractivity contribution in [3.8, 4) is 0 Å². The van der Waals surface area contributed by atoms with Crippen molar-refractivity contribution in [2.75, 3.05) is 12.0 Å². The number of carbonyl (C=O) groups is 3. The highest BCUT2D eigenvalue weighted by Gasteiger charge is 2.15. The zero-order valence-electron chi connectivity index (χ0n) is 20.3. The molecule has 1 atom stereocenters. The van der Waals surface area contributed by atoms with Gasteiger partial charge in [-0.05, 0) is 49.4 Å². The molecule has 2 aromatic carbocycles. The van der Waals surface area contributed by atoms with E-state index in [0.29, 0.717) is 39.1 Å². The number of carbonyl (C=O) groups excluding carboxylic acids is 3. The number of hydrogen-bond donors (Lipinski definition) is 9. The van der Waals surface area contributed by atoms with Gasteiger partial charge in [0, 0.05) is 33.1 Å². The van der Waals surface area contributed by atoms with Crippen LogP contribution >= 0.6 is 0 Å². The van der Waals surface area contributed by atoms with E-state index in [-0.39, 0.29) is 36.3 Å². The maximum atomic E-state index is 12.9. The highest BCUT2D eigenvalue weighted by molar-refractivity contribution is 6.08. The molecule has 0 aliphatic heterocycles. The van der Waals surface area contributed by atoms with Gasteiger partial charge in [0.05, 0.1) is 0 Å². The fourth-order valence-electron chi connectivity index (χ4n) is 3.75. The summed E-state index contributed by atoms with van der Waals surface area (Å²) in [6, 6.07) is 13.5. The Balaban J connectivity index is 1.46. The first-order valence-corrected chi connectivity index (χ1v) is 11.4. The molecule has 0 aliphatic carbocycles. The van der Waals surface area contributed by atoms with Crippen LogP contribution in [0.1, 0.15) is 38.3 Å². The maximum absolute atomic E-state index is 12.9. The van der Waals surface area contributed by atoms with E-state index < -0.39 is 6.17 Å². The lowest BCUT2D eigenvalue weighted by Crippen LogP contribution is -2.35. The van der Waals surface area contributed by atoms with E-state index in [1.165, 1.54) is 0 Å². The van der Waals surface area contributed by atoms with E-state index in [9.17, 15) is 14.4 Å². The predicted octanol–water partition coefficient (Wildman–Crippen LogP) is 0.211. The van der Waals surface area contributed by atoms with Crippen LogP contribution in [0.5, 0.6) is 0 Å². The van der Waals surface area contributed by atoms with Gasteiger partial charge in [-0.15, -0.1) is 0 Å². The summed E-state index contributed by atoms with van der Waals surface area (Å²) >= 11 is 0. The molecule has 2 aromatic heterocycles. The molecule has 0 spiro atoms. The number of anilines is 1. The fraction of sp³-hybridized carbons (Fsp3) is 0.125. The lowest BCUT2D eigenvalue weighted by atomic mass is 10.1. The molecule has 14 heteroatoms. The second-order valence-electron chi connectivity index (χ2n) is 8.37. The van der Waals surface area contributed by atoms with E-state index >= 15 is 0 Å². The number of H-pyrrole nitrogens is 2. The van der Waals surface area contributed by atoms with Gasteiger partial charge in [-0.3, -0.25) is 14.4 Å². The molecular weight excluding hydrogens is 490 g/mol. The van der Waals surface area contributed by atoms with E-state index in [4.69, 9.17) is 22.9 Å². The van der Waals surface area contributed by atoms with Gasteiger partial charge in [0.25, 0.3) is 17.7 Å². The van der Waals surface area contributed by atoms with Crippen LogP contribution in [-0.4, -0.2) is 52.4 Å². The van der Waals surface area contributed by atoms with Crippen molar-refractivity contribution in [3.63, 3.8) is 0 Å². The first-order chi connectivity index (χ1) is 18.1. The Morgan fingerprint density at radius 2 is 1.53 bits per heavy atom. The first-order valence-electron chi connectivity index (χ1n) is 11.4. The number of nitrogens with two attached hydrogens (primary N) is 4. The molecule has 3 amide bonds. The topological polar surface area (TPSA) is 248 Å². The summed E-state index contributed by atoms with van der Waals surface area (Å²) in [6.45, 7) is 1.59. The minimum Gasteiger partial charge on any atom is -0.370 e. The number of nitrogens with one attached hydrogen (secondary N) is 5. The Kier molecular flexibility index (Phi) is 7.14. The van der Waals surface area contributed by atoms with Gasteiger partial charge >= 0.3 is 0 Å². The van der Waals surface area contributed by atoms with Crippen molar-refractivity contribution in [3.05, 3.63) is 65.5 Å². The smallest absolute Gasteiger partial charge is 0.272 e. The molecule has 0 fully saturated rings. The van der Waals surface area contributed by atoms with E-state index in [2.05, 4.69) is 35.9 Å². The zero-order valence-corrected chi connectivity index (χ0v) is 20.3. The fourth-order valence-corrected chi connectivity index (χ4v) is 3.75. The normalized spacial score (nSPS) is 11.5. The first kappa shape index (κ1) is 25.6. The van der Waals surface area contributed by atoms with Crippen LogP contribution in [0.3, 0.4) is 0 Å². The minimum atomic E-state index is -0.595. The minimum absolute atomic E-state index is 0.0500. The molecule has 196 valence electrons. The van der Waals surface area contributed by atoms with Gasteiger partial charge in [0.1, 0.15) is 24.2 Å². The standard InChI is InChI=1S/C24H27N11O3/c1-11(32-24(27)28)31-20(36)13-3-5-16-14(6-13)8-19(34-16)22(38)33-15-4-2-12-7-18(35-17(12)9-15)21(37)29-10-30-23(25)26/h2-9,11,34-35H,10H2,1H3,(H,29,37)(H,31,36)(H,33,38)(H4,25,26,30)(H4,27,28,32). The van der Waals surface area contributed by atoms with Gasteiger partial charge in [0.15, 0.2) is 11.9 Å². The number of aromatic nitrogens is 2. The number of rotatable bonds is 8. The van der Waals surface area contributed by atoms with Crippen molar-refractivity contribution in [2.45, 2.75) is 13.1 Å². The monoisotopic (exact) mass is 517 g/mol. The summed E-state index contributed by atoms with van der Waals surface area (Å²) < 4.78 is 0. The van der Waals surface area contributed by atoms with Crippen molar-refractivity contribution >= 4 is 57.1 Å². The average molecular weight is 518 g/mol. The average Bonchev–Trinajstić information content (AvgIpc) is 3.46. The molecule has 1 unspecified atom stereocenters. The van der Waals surface area contributed by atoms with Gasteiger partial charge in [-0.25, -0.2) is 9.98 Å². The molecule has 13 N–H and O–H groups in total. The highest BCUT2D eigenvalue weighted by Crippen LogP contribution is 2.22. The number of benzene rings is 2. The lowest BCUT2D eigenvalue weighted by molar-refractivity contribution is 0.0936. The quantitative estimate of drug-likeness (QED) is 0.116. The van der Waals surface area contributed by atoms with Crippen LogP contribution in [0.2, 0.25) is 0 Å². The zero-order chi connectivity index (χ0) is 27.4. The molecule has 14 nitrogen and oxygen atoms in total. The second-order valence-corrected chi connectivity index (χ2v) is 8.37. The predicted molar refractivity (Wildman–Crippen MR) is 145 cm³/mol. The number of aromatic amines is 2. The highest BCUT2D eigenvalue weighted by atomic mass is 16.2. The number of hydrogen-bond acceptors (Lipinski definition) is 5. The molecule has 0 bridgehead atoms. The van der Waals surface area contributed by atoms with Crippen molar-refractivity contribution in [1.29, 1.82) is 0 Å². The number of fused-ring (bicyclic) bond motifs is 2. The molecule has 2 heterocycles. The SMILES string of the molecule is CC(N=C(N)N)NC(=O)c1ccc2[nH]c(C(=O)Nc3ccc4cc(C(=O)NCN=C(N)N)[nH]c4c3)cc2c1. The number of aliphatic imine (C=N–C) groups is 2. The third-order valence-electron chi connectivity index (χ3n) is 5.44. The lowest BCUT2D eigenvalue weighted by Gasteiger charge is -2.09. The van der Waals surface area contributed by atoms with Crippen molar-refractivity contribution in [1.82, 2.24) is 20.6 Å². The maximum Gasteiger partial charge on any atom is 0.272 e. The molecule has 0 radical (unpaired) electrons. The van der Waals surface area contributed by atoms with Crippen LogP contribution in [0.25, 0.3) is 21.8 Å². The molecule has 4 aromatic rings. The van der Waals surface area contributed by atoms with Gasteiger partial charge in [-0.1, -0.05) is 6.07 Å². The van der Waals surface area contributed by atoms with Crippen LogP contribution in [-0.2, 0) is 0 Å². The largest absolute Gasteiger partial charge is 0.370 e. The molecule has 0 saturated heterocycles. The molecule has 0 saturated carbocycles. The summed E-state index contributed by atoms with van der Waals surface area (Å²) in [5.74, 6) is -1.38. The van der Waals surface area contributed by atoms with Crippen molar-refractivity contribution < 1.29 is 14.4 Å². The molecule has 4 rings (SSSR count). The van der Waals surface area contributed by atoms with Crippen LogP contribution in [0, 0.1) is 0 Å². The van der Waals surface area contributed by atoms with Crippen LogP contribution in [0.4, 0.5) is 5.69 Å². The number of guanidine groups is 2. The Bertz CT molecular complexity index is 1590. The summed E-state index contributed by atoms with van der Waals surface area (Å²) in [6.07, 6.45) is -0.595. The summed E-state index contributed by atoms with van der Waals surface area (Å²) in [7, 11) is 0. The third kappa shape index (κ3) is 5.99. The number of amides is 3. The van der Waals surface area contributed by atoms with E-state index in [1.807, 2.05) is 0 Å². The molecule has 38 heavy (non-hydrogen) atoms. The number of nitrogens with zero attached hydrogens (tertiary/aromatic N) is 2. The summed E-state index contributed by atoms with van der Waals surface area (Å²) in [4.78, 5) is 51.3.